The van der Waals surface area contributed by atoms with Gasteiger partial charge in [-0.05, 0) is 37.6 Å². The maximum Gasteiger partial charge on any atom is 0.253 e. The number of nitrogens with one attached hydrogen (secondary N) is 1. The predicted molar refractivity (Wildman–Crippen MR) is 76.2 cm³/mol. The molecule has 0 amide bonds. The van der Waals surface area contributed by atoms with Gasteiger partial charge in [-0.25, -0.2) is 4.98 Å². The SMILES string of the molecule is Cc1cc(Sc2nnc(NC3CC3)s2)n2ncnc2n1. The van der Waals surface area contributed by atoms with Crippen LogP contribution in [-0.2, 0) is 0 Å². The highest BCUT2D eigenvalue weighted by Gasteiger charge is 2.22. The summed E-state index contributed by atoms with van der Waals surface area (Å²) in [6, 6.07) is 2.56. The van der Waals surface area contributed by atoms with Crippen molar-refractivity contribution in [1.29, 1.82) is 0 Å². The summed E-state index contributed by atoms with van der Waals surface area (Å²) >= 11 is 3.09. The summed E-state index contributed by atoms with van der Waals surface area (Å²) in [6.45, 7) is 1.94. The molecule has 0 aromatic carbocycles. The van der Waals surface area contributed by atoms with Gasteiger partial charge in [0, 0.05) is 11.7 Å². The van der Waals surface area contributed by atoms with Crippen LogP contribution in [0.1, 0.15) is 18.5 Å². The highest BCUT2D eigenvalue weighted by atomic mass is 32.2. The van der Waals surface area contributed by atoms with Crippen LogP contribution in [0.3, 0.4) is 0 Å². The molecular weight excluding hydrogens is 294 g/mol. The van der Waals surface area contributed by atoms with Gasteiger partial charge in [-0.15, -0.1) is 10.2 Å². The summed E-state index contributed by atoms with van der Waals surface area (Å²) in [4.78, 5) is 8.44. The third kappa shape index (κ3) is 2.34. The zero-order valence-corrected chi connectivity index (χ0v) is 12.3. The van der Waals surface area contributed by atoms with Crippen LogP contribution < -0.4 is 5.32 Å². The largest absolute Gasteiger partial charge is 0.357 e. The fraction of sp³-hybridized carbons (Fsp3) is 0.364. The minimum absolute atomic E-state index is 0.589. The van der Waals surface area contributed by atoms with Gasteiger partial charge in [0.25, 0.3) is 5.78 Å². The zero-order valence-electron chi connectivity index (χ0n) is 10.6. The van der Waals surface area contributed by atoms with Crippen molar-refractivity contribution in [2.24, 2.45) is 0 Å². The highest BCUT2D eigenvalue weighted by molar-refractivity contribution is 8.01. The second kappa shape index (κ2) is 4.67. The second-order valence-corrected chi connectivity index (χ2v) is 6.85. The van der Waals surface area contributed by atoms with Crippen LogP contribution in [-0.4, -0.2) is 35.8 Å². The van der Waals surface area contributed by atoms with E-state index in [9.17, 15) is 0 Å². The minimum atomic E-state index is 0.589. The number of hydrogen-bond acceptors (Lipinski definition) is 8. The van der Waals surface area contributed by atoms with Crippen LogP contribution in [0.15, 0.2) is 21.8 Å². The van der Waals surface area contributed by atoms with Crippen LogP contribution in [0.5, 0.6) is 0 Å². The van der Waals surface area contributed by atoms with Gasteiger partial charge in [0.15, 0.2) is 4.34 Å². The lowest BCUT2D eigenvalue weighted by atomic mass is 10.5. The third-order valence-corrected chi connectivity index (χ3v) is 4.76. The molecule has 0 radical (unpaired) electrons. The lowest BCUT2D eigenvalue weighted by Gasteiger charge is -2.01. The average Bonchev–Trinajstić information content (AvgIpc) is 2.92. The first-order valence-corrected chi connectivity index (χ1v) is 7.86. The lowest BCUT2D eigenvalue weighted by Crippen LogP contribution is -1.99. The molecule has 1 aliphatic rings. The molecule has 3 aromatic heterocycles. The standard InChI is InChI=1S/C11H11N7S2/c1-6-4-8(18-9(14-6)12-5-13-18)19-11-17-16-10(20-11)15-7-2-3-7/h4-5,7H,2-3H2,1H3,(H,15,16). The summed E-state index contributed by atoms with van der Waals surface area (Å²) in [6.07, 6.45) is 3.96. The van der Waals surface area contributed by atoms with Crippen molar-refractivity contribution >= 4 is 34.0 Å². The molecule has 0 aliphatic heterocycles. The van der Waals surface area contributed by atoms with Crippen molar-refractivity contribution in [1.82, 2.24) is 29.8 Å². The van der Waals surface area contributed by atoms with Gasteiger partial charge in [-0.1, -0.05) is 11.3 Å². The van der Waals surface area contributed by atoms with E-state index in [4.69, 9.17) is 0 Å². The zero-order chi connectivity index (χ0) is 13.5. The highest BCUT2D eigenvalue weighted by Crippen LogP contribution is 2.33. The van der Waals surface area contributed by atoms with E-state index in [0.29, 0.717) is 11.8 Å². The van der Waals surface area contributed by atoms with Gasteiger partial charge in [0.05, 0.1) is 0 Å². The minimum Gasteiger partial charge on any atom is -0.357 e. The first kappa shape index (κ1) is 12.0. The van der Waals surface area contributed by atoms with Crippen molar-refractivity contribution in [2.45, 2.75) is 35.2 Å². The number of anilines is 1. The van der Waals surface area contributed by atoms with Gasteiger partial charge in [0.2, 0.25) is 5.13 Å². The number of hydrogen-bond donors (Lipinski definition) is 1. The van der Waals surface area contributed by atoms with Crippen molar-refractivity contribution in [2.75, 3.05) is 5.32 Å². The predicted octanol–water partition coefficient (Wildman–Crippen LogP) is 2.01. The Morgan fingerprint density at radius 2 is 2.30 bits per heavy atom. The van der Waals surface area contributed by atoms with Gasteiger partial charge in [-0.3, -0.25) is 0 Å². The second-order valence-electron chi connectivity index (χ2n) is 4.60. The normalized spacial score (nSPS) is 14.8. The number of nitrogens with zero attached hydrogens (tertiary/aromatic N) is 6. The van der Waals surface area contributed by atoms with E-state index in [1.807, 2.05) is 13.0 Å². The quantitative estimate of drug-likeness (QED) is 0.738. The molecule has 3 heterocycles. The van der Waals surface area contributed by atoms with E-state index in [-0.39, 0.29) is 0 Å². The Morgan fingerprint density at radius 1 is 1.40 bits per heavy atom. The Bertz CT molecular complexity index is 761. The molecule has 1 saturated carbocycles. The molecule has 0 saturated heterocycles. The lowest BCUT2D eigenvalue weighted by molar-refractivity contribution is 0.832. The number of aromatic nitrogens is 6. The van der Waals surface area contributed by atoms with Crippen LogP contribution in [0, 0.1) is 6.92 Å². The fourth-order valence-electron chi connectivity index (χ4n) is 1.77. The maximum atomic E-state index is 4.32. The van der Waals surface area contributed by atoms with Crippen molar-refractivity contribution < 1.29 is 0 Å². The number of rotatable bonds is 4. The van der Waals surface area contributed by atoms with E-state index in [1.54, 1.807) is 15.9 Å². The topological polar surface area (TPSA) is 80.9 Å². The molecule has 0 unspecified atom stereocenters. The molecular formula is C11H11N7S2. The molecule has 1 aliphatic carbocycles. The van der Waals surface area contributed by atoms with Gasteiger partial charge >= 0.3 is 0 Å². The first-order valence-electron chi connectivity index (χ1n) is 6.23. The van der Waals surface area contributed by atoms with Crippen LogP contribution in [0.4, 0.5) is 5.13 Å². The summed E-state index contributed by atoms with van der Waals surface area (Å²) in [5.74, 6) is 0.605. The number of aryl methyl sites for hydroxylation is 1. The summed E-state index contributed by atoms with van der Waals surface area (Å²) in [5, 5.41) is 17.7. The Balaban J connectivity index is 1.62. The van der Waals surface area contributed by atoms with Crippen LogP contribution >= 0.6 is 23.1 Å². The van der Waals surface area contributed by atoms with Crippen molar-refractivity contribution in [3.05, 3.63) is 18.1 Å². The third-order valence-electron chi connectivity index (χ3n) is 2.85. The average molecular weight is 305 g/mol. The van der Waals surface area contributed by atoms with Gasteiger partial charge in [-0.2, -0.15) is 14.6 Å². The first-order chi connectivity index (χ1) is 9.78. The number of fused-ring (bicyclic) bond motifs is 1. The molecule has 0 bridgehead atoms. The molecule has 1 fully saturated rings. The van der Waals surface area contributed by atoms with Gasteiger partial charge in [0.1, 0.15) is 11.4 Å². The van der Waals surface area contributed by atoms with Crippen molar-refractivity contribution in [3.63, 3.8) is 0 Å². The molecule has 0 spiro atoms. The molecule has 3 aromatic rings. The van der Waals surface area contributed by atoms with Crippen LogP contribution in [0.25, 0.3) is 5.78 Å². The van der Waals surface area contributed by atoms with E-state index in [0.717, 1.165) is 20.2 Å². The Morgan fingerprint density at radius 3 is 3.15 bits per heavy atom. The van der Waals surface area contributed by atoms with E-state index >= 15 is 0 Å². The molecule has 1 N–H and O–H groups in total. The summed E-state index contributed by atoms with van der Waals surface area (Å²) < 4.78 is 2.60. The van der Waals surface area contributed by atoms with Crippen molar-refractivity contribution in [3.8, 4) is 0 Å². The van der Waals surface area contributed by atoms with Crippen LogP contribution in [0.2, 0.25) is 0 Å². The van der Waals surface area contributed by atoms with E-state index in [2.05, 4.69) is 30.6 Å². The van der Waals surface area contributed by atoms with Gasteiger partial charge < -0.3 is 5.32 Å². The maximum absolute atomic E-state index is 4.32. The summed E-state index contributed by atoms with van der Waals surface area (Å²) in [5.41, 5.74) is 0.911. The smallest absolute Gasteiger partial charge is 0.253 e. The molecule has 7 nitrogen and oxygen atoms in total. The molecule has 20 heavy (non-hydrogen) atoms. The Hall–Kier alpha value is -1.74. The molecule has 102 valence electrons. The van der Waals surface area contributed by atoms with E-state index in [1.165, 1.54) is 30.9 Å². The molecule has 4 rings (SSSR count). The summed E-state index contributed by atoms with van der Waals surface area (Å²) in [7, 11) is 0. The monoisotopic (exact) mass is 305 g/mol. The molecule has 0 atom stereocenters. The Labute approximate surface area is 122 Å². The molecule has 9 heteroatoms. The van der Waals surface area contributed by atoms with E-state index < -0.39 is 0 Å². The fourth-order valence-corrected chi connectivity index (χ4v) is 3.69. The Kier molecular flexibility index (Phi) is 2.81.